The molecule has 0 aromatic heterocycles. The Morgan fingerprint density at radius 1 is 1.38 bits per heavy atom. The average Bonchev–Trinajstić information content (AvgIpc) is 2.53. The van der Waals surface area contributed by atoms with Gasteiger partial charge in [-0.25, -0.2) is 4.79 Å². The molecule has 0 radical (unpaired) electrons. The van der Waals surface area contributed by atoms with E-state index in [1.165, 1.54) is 0 Å². The molecule has 1 aromatic carbocycles. The summed E-state index contributed by atoms with van der Waals surface area (Å²) in [5.41, 5.74) is 2.00. The third-order valence-electron chi connectivity index (χ3n) is 2.03. The average molecular weight is 178 g/mol. The quantitative estimate of drug-likeness (QED) is 0.612. The zero-order valence-electron chi connectivity index (χ0n) is 7.32. The lowest BCUT2D eigenvalue weighted by atomic mass is 10.1. The number of hydrogen-bond donors (Lipinski definition) is 0. The van der Waals surface area contributed by atoms with Crippen LogP contribution in [0.2, 0.25) is 0 Å². The second-order valence-corrected chi connectivity index (χ2v) is 2.99. The normalized spacial score (nSPS) is 21.6. The molecular formula is C10H10O3. The first-order valence-corrected chi connectivity index (χ1v) is 4.14. The summed E-state index contributed by atoms with van der Waals surface area (Å²) < 4.78 is 10.1. The summed E-state index contributed by atoms with van der Waals surface area (Å²) in [4.78, 5) is 10.8. The fourth-order valence-corrected chi connectivity index (χ4v) is 1.34. The van der Waals surface area contributed by atoms with Crippen LogP contribution < -0.4 is 0 Å². The number of carbonyl (C=O) groups excluding carboxylic acids is 1. The molecule has 1 aliphatic rings. The zero-order chi connectivity index (χ0) is 9.26. The van der Waals surface area contributed by atoms with Crippen molar-refractivity contribution in [2.24, 2.45) is 0 Å². The van der Waals surface area contributed by atoms with Crippen LogP contribution in [0.1, 0.15) is 17.4 Å². The van der Waals surface area contributed by atoms with Crippen LogP contribution in [-0.2, 0) is 14.3 Å². The Bertz CT molecular complexity index is 333. The van der Waals surface area contributed by atoms with Crippen molar-refractivity contribution >= 4 is 5.97 Å². The van der Waals surface area contributed by atoms with E-state index in [0.29, 0.717) is 0 Å². The van der Waals surface area contributed by atoms with Crippen LogP contribution in [0.15, 0.2) is 24.3 Å². The molecule has 13 heavy (non-hydrogen) atoms. The molecule has 0 spiro atoms. The maximum atomic E-state index is 10.8. The molecule has 0 aliphatic carbocycles. The van der Waals surface area contributed by atoms with E-state index >= 15 is 0 Å². The van der Waals surface area contributed by atoms with Crippen molar-refractivity contribution in [1.29, 1.82) is 0 Å². The molecule has 68 valence electrons. The van der Waals surface area contributed by atoms with Gasteiger partial charge in [-0.2, -0.15) is 0 Å². The van der Waals surface area contributed by atoms with E-state index in [0.717, 1.165) is 11.1 Å². The maximum absolute atomic E-state index is 10.8. The minimum atomic E-state index is -0.506. The van der Waals surface area contributed by atoms with Crippen molar-refractivity contribution in [1.82, 2.24) is 0 Å². The highest BCUT2D eigenvalue weighted by atomic mass is 16.7. The first-order valence-electron chi connectivity index (χ1n) is 4.14. The minimum Gasteiger partial charge on any atom is -0.430 e. The molecule has 1 atom stereocenters. The second kappa shape index (κ2) is 3.18. The van der Waals surface area contributed by atoms with Gasteiger partial charge < -0.3 is 9.47 Å². The summed E-state index contributed by atoms with van der Waals surface area (Å²) in [6.45, 7) is 2.02. The van der Waals surface area contributed by atoms with Gasteiger partial charge in [0, 0.05) is 5.56 Å². The molecule has 1 heterocycles. The summed E-state index contributed by atoms with van der Waals surface area (Å²) >= 11 is 0. The van der Waals surface area contributed by atoms with Crippen molar-refractivity contribution in [3.05, 3.63) is 35.4 Å². The molecule has 0 bridgehead atoms. The van der Waals surface area contributed by atoms with Crippen LogP contribution in [0.3, 0.4) is 0 Å². The van der Waals surface area contributed by atoms with E-state index in [1.807, 2.05) is 31.2 Å². The van der Waals surface area contributed by atoms with E-state index < -0.39 is 6.29 Å². The Morgan fingerprint density at radius 3 is 2.77 bits per heavy atom. The third-order valence-corrected chi connectivity index (χ3v) is 2.03. The molecule has 2 rings (SSSR count). The highest BCUT2D eigenvalue weighted by Gasteiger charge is 2.26. The van der Waals surface area contributed by atoms with Gasteiger partial charge in [0.15, 0.2) is 0 Å². The van der Waals surface area contributed by atoms with Gasteiger partial charge in [-0.05, 0) is 12.5 Å². The predicted octanol–water partition coefficient (Wildman–Crippen LogP) is 1.57. The van der Waals surface area contributed by atoms with Crippen LogP contribution in [-0.4, -0.2) is 12.6 Å². The van der Waals surface area contributed by atoms with Crippen molar-refractivity contribution in [3.8, 4) is 0 Å². The van der Waals surface area contributed by atoms with Crippen LogP contribution in [0.4, 0.5) is 0 Å². The molecule has 1 fully saturated rings. The molecule has 3 nitrogen and oxygen atoms in total. The number of cyclic esters (lactones) is 1. The standard InChI is InChI=1S/C10H10O3/c1-7-4-2-3-5-8(7)10-12-6-9(11)13-10/h2-5,10H,6H2,1H3. The van der Waals surface area contributed by atoms with Gasteiger partial charge >= 0.3 is 5.97 Å². The van der Waals surface area contributed by atoms with Gasteiger partial charge in [0.2, 0.25) is 6.29 Å². The van der Waals surface area contributed by atoms with E-state index in [1.54, 1.807) is 0 Å². The summed E-state index contributed by atoms with van der Waals surface area (Å²) in [6, 6.07) is 7.71. The topological polar surface area (TPSA) is 35.5 Å². The highest BCUT2D eigenvalue weighted by Crippen LogP contribution is 2.25. The first-order chi connectivity index (χ1) is 6.27. The lowest BCUT2D eigenvalue weighted by molar-refractivity contribution is -0.143. The van der Waals surface area contributed by atoms with Crippen molar-refractivity contribution < 1.29 is 14.3 Å². The van der Waals surface area contributed by atoms with Crippen LogP contribution in [0.25, 0.3) is 0 Å². The van der Waals surface area contributed by atoms with Crippen LogP contribution in [0.5, 0.6) is 0 Å². The molecule has 1 unspecified atom stereocenters. The van der Waals surface area contributed by atoms with Crippen LogP contribution >= 0.6 is 0 Å². The number of aryl methyl sites for hydroxylation is 1. The lowest BCUT2D eigenvalue weighted by Crippen LogP contribution is -2.01. The summed E-state index contributed by atoms with van der Waals surface area (Å²) in [6.07, 6.45) is -0.506. The molecule has 1 aliphatic heterocycles. The van der Waals surface area contributed by atoms with Gasteiger partial charge in [0.1, 0.15) is 6.61 Å². The zero-order valence-corrected chi connectivity index (χ0v) is 7.32. The van der Waals surface area contributed by atoms with Crippen molar-refractivity contribution in [2.45, 2.75) is 13.2 Å². The SMILES string of the molecule is Cc1ccccc1C1OCC(=O)O1. The van der Waals surface area contributed by atoms with Gasteiger partial charge in [-0.3, -0.25) is 0 Å². The van der Waals surface area contributed by atoms with Crippen LogP contribution in [0, 0.1) is 6.92 Å². The summed E-state index contributed by atoms with van der Waals surface area (Å²) in [7, 11) is 0. The van der Waals surface area contributed by atoms with E-state index in [9.17, 15) is 4.79 Å². The van der Waals surface area contributed by atoms with Crippen molar-refractivity contribution in [3.63, 3.8) is 0 Å². The Hall–Kier alpha value is -1.35. The molecular weight excluding hydrogens is 168 g/mol. The fourth-order valence-electron chi connectivity index (χ4n) is 1.34. The van der Waals surface area contributed by atoms with E-state index in [-0.39, 0.29) is 12.6 Å². The van der Waals surface area contributed by atoms with E-state index in [2.05, 4.69) is 0 Å². The summed E-state index contributed by atoms with van der Waals surface area (Å²) in [5, 5.41) is 0. The highest BCUT2D eigenvalue weighted by molar-refractivity contribution is 5.72. The molecule has 0 N–H and O–H groups in total. The first kappa shape index (κ1) is 8.26. The third kappa shape index (κ3) is 1.55. The number of carbonyl (C=O) groups is 1. The largest absolute Gasteiger partial charge is 0.430 e. The van der Waals surface area contributed by atoms with Gasteiger partial charge in [-0.1, -0.05) is 24.3 Å². The van der Waals surface area contributed by atoms with Gasteiger partial charge in [-0.15, -0.1) is 0 Å². The number of hydrogen-bond acceptors (Lipinski definition) is 3. The molecule has 0 amide bonds. The predicted molar refractivity (Wildman–Crippen MR) is 46.0 cm³/mol. The Balaban J connectivity index is 2.26. The Labute approximate surface area is 76.3 Å². The van der Waals surface area contributed by atoms with E-state index in [4.69, 9.17) is 9.47 Å². The number of rotatable bonds is 1. The smallest absolute Gasteiger partial charge is 0.334 e. The monoisotopic (exact) mass is 178 g/mol. The Kier molecular flexibility index (Phi) is 2.02. The number of ether oxygens (including phenoxy) is 2. The molecule has 1 aromatic rings. The van der Waals surface area contributed by atoms with Crippen molar-refractivity contribution in [2.75, 3.05) is 6.61 Å². The van der Waals surface area contributed by atoms with Gasteiger partial charge in [0.25, 0.3) is 0 Å². The lowest BCUT2D eigenvalue weighted by Gasteiger charge is -2.10. The molecule has 1 saturated heterocycles. The minimum absolute atomic E-state index is 0.0546. The fraction of sp³-hybridized carbons (Fsp3) is 0.300. The number of benzene rings is 1. The molecule has 0 saturated carbocycles. The number of esters is 1. The van der Waals surface area contributed by atoms with Gasteiger partial charge in [0.05, 0.1) is 0 Å². The maximum Gasteiger partial charge on any atom is 0.334 e. The Morgan fingerprint density at radius 2 is 2.15 bits per heavy atom. The summed E-state index contributed by atoms with van der Waals surface area (Å²) in [5.74, 6) is -0.298. The second-order valence-electron chi connectivity index (χ2n) is 2.99. The molecule has 3 heteroatoms.